The molecule has 1 heterocycles. The zero-order chi connectivity index (χ0) is 15.9. The van der Waals surface area contributed by atoms with E-state index >= 15 is 0 Å². The Morgan fingerprint density at radius 1 is 1.32 bits per heavy atom. The number of rotatable bonds is 6. The first kappa shape index (κ1) is 16.8. The van der Waals surface area contributed by atoms with Crippen molar-refractivity contribution in [2.75, 3.05) is 27.3 Å². The summed E-state index contributed by atoms with van der Waals surface area (Å²) in [5, 5.41) is 3.00. The molecule has 1 aromatic carbocycles. The lowest BCUT2D eigenvalue weighted by atomic mass is 10.1. The summed E-state index contributed by atoms with van der Waals surface area (Å²) in [6, 6.07) is 7.62. The van der Waals surface area contributed by atoms with Crippen molar-refractivity contribution in [3.8, 4) is 5.75 Å². The second-order valence-corrected chi connectivity index (χ2v) is 5.68. The van der Waals surface area contributed by atoms with Gasteiger partial charge in [-0.15, -0.1) is 0 Å². The van der Waals surface area contributed by atoms with Crippen molar-refractivity contribution in [3.63, 3.8) is 0 Å². The van der Waals surface area contributed by atoms with Crippen LogP contribution in [0.1, 0.15) is 25.3 Å². The Bertz CT molecular complexity index is 485. The van der Waals surface area contributed by atoms with Crippen LogP contribution in [0.4, 0.5) is 0 Å². The van der Waals surface area contributed by atoms with Crippen LogP contribution < -0.4 is 10.1 Å². The standard InChI is InChI=1S/C17H26N2O3/c1-13(19-10-8-15(21-2)9-11-19)17(20)18-12-14-6-4-5-7-16(14)22-3/h4-7,13,15H,8-12H2,1-3H3,(H,18,20)/t13-/m0/s1. The summed E-state index contributed by atoms with van der Waals surface area (Å²) in [6.45, 7) is 4.26. The first-order valence-corrected chi connectivity index (χ1v) is 7.82. The number of benzene rings is 1. The van der Waals surface area contributed by atoms with Gasteiger partial charge >= 0.3 is 0 Å². The number of nitrogens with one attached hydrogen (secondary N) is 1. The normalized spacial score (nSPS) is 18.0. The Hall–Kier alpha value is -1.59. The lowest BCUT2D eigenvalue weighted by molar-refractivity contribution is -0.127. The molecule has 1 aliphatic heterocycles. The molecule has 0 aromatic heterocycles. The van der Waals surface area contributed by atoms with Gasteiger partial charge in [-0.2, -0.15) is 0 Å². The Labute approximate surface area is 132 Å². The van der Waals surface area contributed by atoms with E-state index in [1.807, 2.05) is 31.2 Å². The van der Waals surface area contributed by atoms with Crippen molar-refractivity contribution in [3.05, 3.63) is 29.8 Å². The lowest BCUT2D eigenvalue weighted by Crippen LogP contribution is -2.49. The summed E-state index contributed by atoms with van der Waals surface area (Å²) in [4.78, 5) is 14.6. The van der Waals surface area contributed by atoms with Crippen LogP contribution in [-0.2, 0) is 16.1 Å². The van der Waals surface area contributed by atoms with E-state index in [-0.39, 0.29) is 11.9 Å². The molecule has 0 unspecified atom stereocenters. The minimum atomic E-state index is -0.118. The molecule has 1 aliphatic rings. The van der Waals surface area contributed by atoms with E-state index in [0.717, 1.165) is 37.2 Å². The fourth-order valence-electron chi connectivity index (χ4n) is 2.84. The molecule has 0 aliphatic carbocycles. The van der Waals surface area contributed by atoms with Gasteiger partial charge in [-0.05, 0) is 25.8 Å². The average molecular weight is 306 g/mol. The van der Waals surface area contributed by atoms with Gasteiger partial charge in [0.25, 0.3) is 0 Å². The third-order valence-corrected chi connectivity index (χ3v) is 4.38. The highest BCUT2D eigenvalue weighted by Gasteiger charge is 2.26. The molecule has 1 N–H and O–H groups in total. The van der Waals surface area contributed by atoms with E-state index in [9.17, 15) is 4.79 Å². The van der Waals surface area contributed by atoms with Gasteiger partial charge in [0, 0.05) is 32.3 Å². The number of hydrogen-bond acceptors (Lipinski definition) is 4. The van der Waals surface area contributed by atoms with E-state index in [1.165, 1.54) is 0 Å². The number of hydrogen-bond donors (Lipinski definition) is 1. The second kappa shape index (κ2) is 8.15. The van der Waals surface area contributed by atoms with E-state index in [0.29, 0.717) is 12.6 Å². The number of para-hydroxylation sites is 1. The van der Waals surface area contributed by atoms with Gasteiger partial charge in [0.05, 0.1) is 19.3 Å². The number of likely N-dealkylation sites (tertiary alicyclic amines) is 1. The van der Waals surface area contributed by atoms with Crippen LogP contribution in [0.3, 0.4) is 0 Å². The summed E-state index contributed by atoms with van der Waals surface area (Å²) in [7, 11) is 3.40. The minimum absolute atomic E-state index is 0.0572. The molecule has 1 atom stereocenters. The summed E-state index contributed by atoms with van der Waals surface area (Å²) in [5.74, 6) is 0.859. The van der Waals surface area contributed by atoms with Crippen molar-refractivity contribution in [2.24, 2.45) is 0 Å². The number of nitrogens with zero attached hydrogens (tertiary/aromatic N) is 1. The van der Waals surface area contributed by atoms with Gasteiger partial charge in [0.15, 0.2) is 0 Å². The molecule has 0 saturated carbocycles. The highest BCUT2D eigenvalue weighted by Crippen LogP contribution is 2.18. The van der Waals surface area contributed by atoms with Crippen LogP contribution in [0, 0.1) is 0 Å². The van der Waals surface area contributed by atoms with Gasteiger partial charge in [-0.25, -0.2) is 0 Å². The van der Waals surface area contributed by atoms with Crippen LogP contribution in [0.5, 0.6) is 5.75 Å². The number of carbonyl (C=O) groups is 1. The lowest BCUT2D eigenvalue weighted by Gasteiger charge is -2.34. The van der Waals surface area contributed by atoms with Crippen molar-refractivity contribution in [2.45, 2.75) is 38.5 Å². The smallest absolute Gasteiger partial charge is 0.237 e. The summed E-state index contributed by atoms with van der Waals surface area (Å²) in [6.07, 6.45) is 2.31. The monoisotopic (exact) mass is 306 g/mol. The molecule has 2 rings (SSSR count). The van der Waals surface area contributed by atoms with Crippen molar-refractivity contribution in [1.82, 2.24) is 10.2 Å². The van der Waals surface area contributed by atoms with Crippen molar-refractivity contribution < 1.29 is 14.3 Å². The summed E-state index contributed by atoms with van der Waals surface area (Å²) >= 11 is 0. The van der Waals surface area contributed by atoms with Gasteiger partial charge in [-0.3, -0.25) is 9.69 Å². The van der Waals surface area contributed by atoms with E-state index in [4.69, 9.17) is 9.47 Å². The third kappa shape index (κ3) is 4.21. The van der Waals surface area contributed by atoms with Gasteiger partial charge < -0.3 is 14.8 Å². The van der Waals surface area contributed by atoms with Gasteiger partial charge in [0.1, 0.15) is 5.75 Å². The Morgan fingerprint density at radius 2 is 2.00 bits per heavy atom. The molecule has 1 fully saturated rings. The molecule has 22 heavy (non-hydrogen) atoms. The van der Waals surface area contributed by atoms with Crippen LogP contribution >= 0.6 is 0 Å². The van der Waals surface area contributed by atoms with E-state index in [1.54, 1.807) is 14.2 Å². The zero-order valence-electron chi connectivity index (χ0n) is 13.7. The molecule has 122 valence electrons. The highest BCUT2D eigenvalue weighted by molar-refractivity contribution is 5.81. The molecule has 0 radical (unpaired) electrons. The maximum Gasteiger partial charge on any atom is 0.237 e. The first-order chi connectivity index (χ1) is 10.7. The van der Waals surface area contributed by atoms with Crippen molar-refractivity contribution >= 4 is 5.91 Å². The number of carbonyl (C=O) groups excluding carboxylic acids is 1. The molecular formula is C17H26N2O3. The molecule has 0 spiro atoms. The fraction of sp³-hybridized carbons (Fsp3) is 0.588. The van der Waals surface area contributed by atoms with Gasteiger partial charge in [0.2, 0.25) is 5.91 Å². The quantitative estimate of drug-likeness (QED) is 0.871. The first-order valence-electron chi connectivity index (χ1n) is 7.82. The van der Waals surface area contributed by atoms with Gasteiger partial charge in [-0.1, -0.05) is 18.2 Å². The topological polar surface area (TPSA) is 50.8 Å². The fourth-order valence-corrected chi connectivity index (χ4v) is 2.84. The Kier molecular flexibility index (Phi) is 6.21. The number of methoxy groups -OCH3 is 2. The average Bonchev–Trinajstić information content (AvgIpc) is 2.59. The molecular weight excluding hydrogens is 280 g/mol. The number of amides is 1. The summed E-state index contributed by atoms with van der Waals surface area (Å²) in [5.41, 5.74) is 0.989. The highest BCUT2D eigenvalue weighted by atomic mass is 16.5. The predicted molar refractivity (Wildman–Crippen MR) is 85.9 cm³/mol. The Balaban J connectivity index is 1.84. The maximum absolute atomic E-state index is 12.3. The van der Waals surface area contributed by atoms with Crippen LogP contribution in [0.2, 0.25) is 0 Å². The minimum Gasteiger partial charge on any atom is -0.496 e. The summed E-state index contributed by atoms with van der Waals surface area (Å²) < 4.78 is 10.7. The molecule has 1 aromatic rings. The Morgan fingerprint density at radius 3 is 2.64 bits per heavy atom. The molecule has 5 heteroatoms. The SMILES string of the molecule is COc1ccccc1CNC(=O)[C@H](C)N1CCC(OC)CC1. The van der Waals surface area contributed by atoms with E-state index < -0.39 is 0 Å². The third-order valence-electron chi connectivity index (χ3n) is 4.38. The molecule has 1 saturated heterocycles. The number of piperidine rings is 1. The molecule has 1 amide bonds. The van der Waals surface area contributed by atoms with Crippen molar-refractivity contribution in [1.29, 1.82) is 0 Å². The predicted octanol–water partition coefficient (Wildman–Crippen LogP) is 1.81. The second-order valence-electron chi connectivity index (χ2n) is 5.68. The van der Waals surface area contributed by atoms with E-state index in [2.05, 4.69) is 10.2 Å². The largest absolute Gasteiger partial charge is 0.496 e. The van der Waals surface area contributed by atoms with Crippen LogP contribution in [-0.4, -0.2) is 50.3 Å². The zero-order valence-corrected chi connectivity index (χ0v) is 13.7. The van der Waals surface area contributed by atoms with Crippen LogP contribution in [0.15, 0.2) is 24.3 Å². The molecule has 0 bridgehead atoms. The number of ether oxygens (including phenoxy) is 2. The van der Waals surface area contributed by atoms with Crippen LogP contribution in [0.25, 0.3) is 0 Å². The molecule has 5 nitrogen and oxygen atoms in total. The maximum atomic E-state index is 12.3.